The molecule has 3 aromatic rings. The molecule has 0 fully saturated rings. The standard InChI is InChI=1S/C18H20N4/c1-12-9-10-15(13(2)11-12)19-18-20-16-8-6-5-7-14(16)17(21-18)22(3)4/h5-11H,1-4H3,(H,19,20,21). The summed E-state index contributed by atoms with van der Waals surface area (Å²) in [4.78, 5) is 11.3. The zero-order chi connectivity index (χ0) is 15.7. The summed E-state index contributed by atoms with van der Waals surface area (Å²) >= 11 is 0. The molecule has 0 aliphatic rings. The van der Waals surface area contributed by atoms with Crippen molar-refractivity contribution in [3.63, 3.8) is 0 Å². The number of nitrogens with zero attached hydrogens (tertiary/aromatic N) is 3. The summed E-state index contributed by atoms with van der Waals surface area (Å²) in [5, 5.41) is 4.39. The van der Waals surface area contributed by atoms with Gasteiger partial charge < -0.3 is 10.2 Å². The van der Waals surface area contributed by atoms with E-state index in [-0.39, 0.29) is 0 Å². The highest BCUT2D eigenvalue weighted by molar-refractivity contribution is 5.90. The molecule has 3 rings (SSSR count). The van der Waals surface area contributed by atoms with E-state index in [1.54, 1.807) is 0 Å². The number of nitrogens with one attached hydrogen (secondary N) is 1. The minimum atomic E-state index is 0.620. The topological polar surface area (TPSA) is 41.1 Å². The third-order valence-electron chi connectivity index (χ3n) is 3.64. The van der Waals surface area contributed by atoms with Gasteiger partial charge in [0.2, 0.25) is 5.95 Å². The van der Waals surface area contributed by atoms with Crippen LogP contribution in [0.2, 0.25) is 0 Å². The van der Waals surface area contributed by atoms with Crippen LogP contribution in [0.4, 0.5) is 17.5 Å². The van der Waals surface area contributed by atoms with E-state index >= 15 is 0 Å². The number of benzene rings is 2. The molecule has 0 radical (unpaired) electrons. The second-order valence-corrected chi connectivity index (χ2v) is 5.73. The summed E-state index contributed by atoms with van der Waals surface area (Å²) in [6.07, 6.45) is 0. The lowest BCUT2D eigenvalue weighted by atomic mass is 10.1. The fourth-order valence-corrected chi connectivity index (χ4v) is 2.53. The average molecular weight is 292 g/mol. The average Bonchev–Trinajstić information content (AvgIpc) is 2.49. The fraction of sp³-hybridized carbons (Fsp3) is 0.222. The van der Waals surface area contributed by atoms with Crippen LogP contribution in [0.1, 0.15) is 11.1 Å². The van der Waals surface area contributed by atoms with E-state index in [0.29, 0.717) is 5.95 Å². The maximum atomic E-state index is 4.66. The highest BCUT2D eigenvalue weighted by Crippen LogP contribution is 2.26. The van der Waals surface area contributed by atoms with Gasteiger partial charge in [-0.15, -0.1) is 0 Å². The van der Waals surface area contributed by atoms with Crippen molar-refractivity contribution in [3.8, 4) is 0 Å². The van der Waals surface area contributed by atoms with E-state index in [9.17, 15) is 0 Å². The van der Waals surface area contributed by atoms with E-state index in [4.69, 9.17) is 0 Å². The largest absolute Gasteiger partial charge is 0.362 e. The van der Waals surface area contributed by atoms with Crippen molar-refractivity contribution in [1.29, 1.82) is 0 Å². The van der Waals surface area contributed by atoms with E-state index < -0.39 is 0 Å². The van der Waals surface area contributed by atoms with Crippen molar-refractivity contribution in [3.05, 3.63) is 53.6 Å². The van der Waals surface area contributed by atoms with Gasteiger partial charge in [-0.3, -0.25) is 0 Å². The van der Waals surface area contributed by atoms with Crippen LogP contribution in [0.25, 0.3) is 10.9 Å². The Kier molecular flexibility index (Phi) is 3.67. The zero-order valence-electron chi connectivity index (χ0n) is 13.4. The molecular formula is C18H20N4. The first-order valence-electron chi connectivity index (χ1n) is 7.33. The minimum absolute atomic E-state index is 0.620. The molecule has 0 atom stereocenters. The molecular weight excluding hydrogens is 272 g/mol. The van der Waals surface area contributed by atoms with E-state index in [1.165, 1.54) is 11.1 Å². The lowest BCUT2D eigenvalue weighted by molar-refractivity contribution is 1.06. The van der Waals surface area contributed by atoms with Crippen molar-refractivity contribution >= 4 is 28.4 Å². The van der Waals surface area contributed by atoms with Crippen molar-refractivity contribution in [2.75, 3.05) is 24.3 Å². The first kappa shape index (κ1) is 14.3. The highest BCUT2D eigenvalue weighted by atomic mass is 15.2. The van der Waals surface area contributed by atoms with Crippen LogP contribution in [0.3, 0.4) is 0 Å². The summed E-state index contributed by atoms with van der Waals surface area (Å²) in [5.74, 6) is 1.53. The molecule has 112 valence electrons. The molecule has 0 bridgehead atoms. The van der Waals surface area contributed by atoms with Gasteiger partial charge >= 0.3 is 0 Å². The second-order valence-electron chi connectivity index (χ2n) is 5.73. The Hall–Kier alpha value is -2.62. The number of fused-ring (bicyclic) bond motifs is 1. The summed E-state index contributed by atoms with van der Waals surface area (Å²) in [5.41, 5.74) is 4.40. The normalized spacial score (nSPS) is 10.7. The number of hydrogen-bond acceptors (Lipinski definition) is 4. The summed E-state index contributed by atoms with van der Waals surface area (Å²) < 4.78 is 0. The summed E-state index contributed by atoms with van der Waals surface area (Å²) in [7, 11) is 3.99. The Morgan fingerprint density at radius 3 is 2.45 bits per heavy atom. The molecule has 0 amide bonds. The minimum Gasteiger partial charge on any atom is -0.362 e. The first-order valence-corrected chi connectivity index (χ1v) is 7.33. The SMILES string of the molecule is Cc1ccc(Nc2nc(N(C)C)c3ccccc3n2)c(C)c1. The summed E-state index contributed by atoms with van der Waals surface area (Å²) in [6.45, 7) is 4.18. The van der Waals surface area contributed by atoms with Crippen molar-refractivity contribution in [2.24, 2.45) is 0 Å². The molecule has 1 aromatic heterocycles. The van der Waals surface area contributed by atoms with Crippen LogP contribution in [0.15, 0.2) is 42.5 Å². The second kappa shape index (κ2) is 5.64. The molecule has 1 N–H and O–H groups in total. The predicted molar refractivity (Wildman–Crippen MR) is 93.1 cm³/mol. The van der Waals surface area contributed by atoms with Crippen LogP contribution in [-0.4, -0.2) is 24.1 Å². The monoisotopic (exact) mass is 292 g/mol. The van der Waals surface area contributed by atoms with Crippen LogP contribution < -0.4 is 10.2 Å². The molecule has 2 aromatic carbocycles. The number of aryl methyl sites for hydroxylation is 2. The van der Waals surface area contributed by atoms with Crippen LogP contribution >= 0.6 is 0 Å². The van der Waals surface area contributed by atoms with Gasteiger partial charge in [0.15, 0.2) is 0 Å². The maximum Gasteiger partial charge on any atom is 0.229 e. The first-order chi connectivity index (χ1) is 10.5. The smallest absolute Gasteiger partial charge is 0.229 e. The Balaban J connectivity index is 2.07. The van der Waals surface area contributed by atoms with E-state index in [0.717, 1.165) is 22.4 Å². The van der Waals surface area contributed by atoms with Crippen molar-refractivity contribution in [1.82, 2.24) is 9.97 Å². The van der Waals surface area contributed by atoms with E-state index in [2.05, 4.69) is 47.3 Å². The number of aromatic nitrogens is 2. The number of anilines is 3. The molecule has 22 heavy (non-hydrogen) atoms. The molecule has 4 heteroatoms. The van der Waals surface area contributed by atoms with E-state index in [1.807, 2.05) is 43.3 Å². The van der Waals surface area contributed by atoms with Crippen LogP contribution in [-0.2, 0) is 0 Å². The maximum absolute atomic E-state index is 4.66. The Bertz CT molecular complexity index is 824. The molecule has 0 spiro atoms. The van der Waals surface area contributed by atoms with Gasteiger partial charge in [-0.25, -0.2) is 4.98 Å². The van der Waals surface area contributed by atoms with Gasteiger partial charge in [0, 0.05) is 25.2 Å². The molecule has 0 unspecified atom stereocenters. The van der Waals surface area contributed by atoms with Gasteiger partial charge in [-0.1, -0.05) is 29.8 Å². The molecule has 0 saturated carbocycles. The predicted octanol–water partition coefficient (Wildman–Crippen LogP) is 4.06. The van der Waals surface area contributed by atoms with Gasteiger partial charge in [-0.2, -0.15) is 4.98 Å². The highest BCUT2D eigenvalue weighted by Gasteiger charge is 2.10. The molecule has 0 saturated heterocycles. The quantitative estimate of drug-likeness (QED) is 0.790. The van der Waals surface area contributed by atoms with Crippen LogP contribution in [0.5, 0.6) is 0 Å². The zero-order valence-corrected chi connectivity index (χ0v) is 13.4. The number of rotatable bonds is 3. The molecule has 1 heterocycles. The van der Waals surface area contributed by atoms with Gasteiger partial charge in [-0.05, 0) is 37.6 Å². The Morgan fingerprint density at radius 2 is 1.73 bits per heavy atom. The molecule has 4 nitrogen and oxygen atoms in total. The number of para-hydroxylation sites is 1. The van der Waals surface area contributed by atoms with Crippen LogP contribution in [0, 0.1) is 13.8 Å². The Labute approximate surface area is 130 Å². The third kappa shape index (κ3) is 2.72. The Morgan fingerprint density at radius 1 is 0.955 bits per heavy atom. The lowest BCUT2D eigenvalue weighted by Crippen LogP contribution is -2.13. The fourth-order valence-electron chi connectivity index (χ4n) is 2.53. The van der Waals surface area contributed by atoms with Gasteiger partial charge in [0.05, 0.1) is 5.52 Å². The molecule has 0 aliphatic carbocycles. The third-order valence-corrected chi connectivity index (χ3v) is 3.64. The van der Waals surface area contributed by atoms with Crippen molar-refractivity contribution in [2.45, 2.75) is 13.8 Å². The van der Waals surface area contributed by atoms with Gasteiger partial charge in [0.1, 0.15) is 5.82 Å². The van der Waals surface area contributed by atoms with Gasteiger partial charge in [0.25, 0.3) is 0 Å². The summed E-state index contributed by atoms with van der Waals surface area (Å²) in [6, 6.07) is 14.4. The van der Waals surface area contributed by atoms with Crippen molar-refractivity contribution < 1.29 is 0 Å². The molecule has 0 aliphatic heterocycles. The number of hydrogen-bond donors (Lipinski definition) is 1. The lowest BCUT2D eigenvalue weighted by Gasteiger charge is -2.16.